The molecule has 1 heterocycles. The molecule has 0 spiro atoms. The van der Waals surface area contributed by atoms with E-state index < -0.39 is 0 Å². The number of carbonyl (C=O) groups is 1. The number of hydrogen-bond acceptors (Lipinski definition) is 4. The van der Waals surface area contributed by atoms with Crippen LogP contribution < -0.4 is 14.8 Å². The lowest BCUT2D eigenvalue weighted by Gasteiger charge is -2.26. The van der Waals surface area contributed by atoms with Crippen LogP contribution in [0.25, 0.3) is 0 Å². The van der Waals surface area contributed by atoms with E-state index in [1.165, 1.54) is 32.4 Å². The fourth-order valence-electron chi connectivity index (χ4n) is 3.01. The molecule has 0 atom stereocenters. The molecule has 5 nitrogen and oxygen atoms in total. The van der Waals surface area contributed by atoms with Gasteiger partial charge in [-0.1, -0.05) is 6.42 Å². The van der Waals surface area contributed by atoms with Crippen LogP contribution in [0.2, 0.25) is 0 Å². The van der Waals surface area contributed by atoms with Crippen LogP contribution in [0.5, 0.6) is 11.5 Å². The highest BCUT2D eigenvalue weighted by molar-refractivity contribution is 5.95. The van der Waals surface area contributed by atoms with E-state index in [-0.39, 0.29) is 5.91 Å². The smallest absolute Gasteiger partial charge is 0.251 e. The second-order valence-electron chi connectivity index (χ2n) is 6.02. The van der Waals surface area contributed by atoms with Gasteiger partial charge in [0.15, 0.2) is 0 Å². The zero-order valence-corrected chi connectivity index (χ0v) is 14.5. The predicted octanol–water partition coefficient (Wildman–Crippen LogP) is 2.62. The summed E-state index contributed by atoms with van der Waals surface area (Å²) in [6, 6.07) is 3.52. The van der Waals surface area contributed by atoms with E-state index in [1.54, 1.807) is 26.4 Å². The molecule has 1 aliphatic heterocycles. The number of ether oxygens (including phenoxy) is 2. The summed E-state index contributed by atoms with van der Waals surface area (Å²) < 4.78 is 10.6. The highest BCUT2D eigenvalue weighted by Crippen LogP contribution is 2.29. The molecule has 1 aromatic carbocycles. The second kappa shape index (κ2) is 8.77. The quantitative estimate of drug-likeness (QED) is 0.785. The average molecular weight is 320 g/mol. The van der Waals surface area contributed by atoms with Gasteiger partial charge in [-0.3, -0.25) is 4.79 Å². The number of amides is 1. The number of nitrogens with one attached hydrogen (secondary N) is 1. The first-order valence-corrected chi connectivity index (χ1v) is 8.39. The molecule has 0 aromatic heterocycles. The lowest BCUT2D eigenvalue weighted by molar-refractivity contribution is 0.0950. The summed E-state index contributed by atoms with van der Waals surface area (Å²) in [5.74, 6) is 1.26. The first kappa shape index (κ1) is 17.6. The first-order valence-electron chi connectivity index (χ1n) is 8.39. The molecule has 1 N–H and O–H groups in total. The maximum Gasteiger partial charge on any atom is 0.251 e. The molecule has 0 bridgehead atoms. The second-order valence-corrected chi connectivity index (χ2v) is 6.02. The van der Waals surface area contributed by atoms with E-state index in [0.29, 0.717) is 23.6 Å². The fourth-order valence-corrected chi connectivity index (χ4v) is 3.01. The van der Waals surface area contributed by atoms with Crippen molar-refractivity contribution in [3.63, 3.8) is 0 Å². The SMILES string of the molecule is COc1cc(C(=O)NCCCN2CCCCC2)cc(OC)c1C. The molecular weight excluding hydrogens is 292 g/mol. The van der Waals surface area contributed by atoms with Crippen LogP contribution in [-0.4, -0.2) is 51.2 Å². The minimum Gasteiger partial charge on any atom is -0.496 e. The lowest BCUT2D eigenvalue weighted by Crippen LogP contribution is -2.33. The van der Waals surface area contributed by atoms with Gasteiger partial charge < -0.3 is 19.7 Å². The molecule has 1 aliphatic rings. The van der Waals surface area contributed by atoms with Crippen molar-refractivity contribution in [3.05, 3.63) is 23.3 Å². The van der Waals surface area contributed by atoms with Crippen molar-refractivity contribution < 1.29 is 14.3 Å². The Morgan fingerprint density at radius 3 is 2.30 bits per heavy atom. The monoisotopic (exact) mass is 320 g/mol. The number of hydrogen-bond donors (Lipinski definition) is 1. The van der Waals surface area contributed by atoms with Gasteiger partial charge in [-0.15, -0.1) is 0 Å². The maximum atomic E-state index is 12.3. The molecule has 0 radical (unpaired) electrons. The molecule has 1 saturated heterocycles. The van der Waals surface area contributed by atoms with Crippen molar-refractivity contribution in [2.75, 3.05) is 40.4 Å². The van der Waals surface area contributed by atoms with Gasteiger partial charge in [0, 0.05) is 17.7 Å². The molecule has 0 saturated carbocycles. The van der Waals surface area contributed by atoms with Gasteiger partial charge in [0.05, 0.1) is 14.2 Å². The molecule has 1 aromatic rings. The third kappa shape index (κ3) is 4.86. The lowest BCUT2D eigenvalue weighted by atomic mass is 10.1. The Labute approximate surface area is 139 Å². The minimum atomic E-state index is -0.0831. The van der Waals surface area contributed by atoms with E-state index in [9.17, 15) is 4.79 Å². The van der Waals surface area contributed by atoms with Crippen molar-refractivity contribution in [2.24, 2.45) is 0 Å². The van der Waals surface area contributed by atoms with Crippen molar-refractivity contribution in [1.29, 1.82) is 0 Å². The van der Waals surface area contributed by atoms with Crippen molar-refractivity contribution >= 4 is 5.91 Å². The van der Waals surface area contributed by atoms with E-state index in [2.05, 4.69) is 10.2 Å². The van der Waals surface area contributed by atoms with Gasteiger partial charge >= 0.3 is 0 Å². The van der Waals surface area contributed by atoms with Gasteiger partial charge in [-0.2, -0.15) is 0 Å². The van der Waals surface area contributed by atoms with Gasteiger partial charge in [-0.25, -0.2) is 0 Å². The molecule has 1 amide bonds. The molecule has 2 rings (SSSR count). The molecule has 1 fully saturated rings. The Kier molecular flexibility index (Phi) is 6.71. The van der Waals surface area contributed by atoms with Crippen molar-refractivity contribution in [2.45, 2.75) is 32.6 Å². The Bertz CT molecular complexity index is 500. The molecule has 0 unspecified atom stereocenters. The van der Waals surface area contributed by atoms with E-state index in [4.69, 9.17) is 9.47 Å². The predicted molar refractivity (Wildman–Crippen MR) is 91.5 cm³/mol. The molecule has 0 aliphatic carbocycles. The van der Waals surface area contributed by atoms with E-state index >= 15 is 0 Å². The molecular formula is C18H28N2O3. The zero-order chi connectivity index (χ0) is 16.7. The summed E-state index contributed by atoms with van der Waals surface area (Å²) in [5, 5.41) is 2.98. The van der Waals surface area contributed by atoms with Crippen LogP contribution in [-0.2, 0) is 0 Å². The van der Waals surface area contributed by atoms with Gasteiger partial charge in [0.2, 0.25) is 0 Å². The summed E-state index contributed by atoms with van der Waals surface area (Å²) in [4.78, 5) is 14.8. The van der Waals surface area contributed by atoms with Gasteiger partial charge in [0.25, 0.3) is 5.91 Å². The Morgan fingerprint density at radius 1 is 1.13 bits per heavy atom. The fraction of sp³-hybridized carbons (Fsp3) is 0.611. The number of carbonyl (C=O) groups excluding carboxylic acids is 1. The van der Waals surface area contributed by atoms with E-state index in [0.717, 1.165) is 18.5 Å². The van der Waals surface area contributed by atoms with Crippen LogP contribution in [0.15, 0.2) is 12.1 Å². The third-order valence-electron chi connectivity index (χ3n) is 4.40. The maximum absolute atomic E-state index is 12.3. The van der Waals surface area contributed by atoms with Gasteiger partial charge in [-0.05, 0) is 58.0 Å². The number of rotatable bonds is 7. The summed E-state index contributed by atoms with van der Waals surface area (Å²) in [7, 11) is 3.20. The number of nitrogens with zero attached hydrogens (tertiary/aromatic N) is 1. The Morgan fingerprint density at radius 2 is 1.74 bits per heavy atom. The van der Waals surface area contributed by atoms with Crippen molar-refractivity contribution in [3.8, 4) is 11.5 Å². The van der Waals surface area contributed by atoms with Crippen LogP contribution >= 0.6 is 0 Å². The normalized spacial score (nSPS) is 15.3. The Balaban J connectivity index is 1.85. The van der Waals surface area contributed by atoms with Crippen LogP contribution in [0.1, 0.15) is 41.6 Å². The largest absolute Gasteiger partial charge is 0.496 e. The van der Waals surface area contributed by atoms with Crippen LogP contribution in [0, 0.1) is 6.92 Å². The van der Waals surface area contributed by atoms with Crippen molar-refractivity contribution in [1.82, 2.24) is 10.2 Å². The molecule has 5 heteroatoms. The van der Waals surface area contributed by atoms with E-state index in [1.807, 2.05) is 6.92 Å². The summed E-state index contributed by atoms with van der Waals surface area (Å²) >= 11 is 0. The standard InChI is InChI=1S/C18H28N2O3/c1-14-16(22-2)12-15(13-17(14)23-3)18(21)19-8-7-11-20-9-5-4-6-10-20/h12-13H,4-11H2,1-3H3,(H,19,21). The highest BCUT2D eigenvalue weighted by Gasteiger charge is 2.14. The molecule has 23 heavy (non-hydrogen) atoms. The van der Waals surface area contributed by atoms with Crippen LogP contribution in [0.3, 0.4) is 0 Å². The van der Waals surface area contributed by atoms with Gasteiger partial charge in [0.1, 0.15) is 11.5 Å². The first-order chi connectivity index (χ1) is 11.2. The summed E-state index contributed by atoms with van der Waals surface area (Å²) in [5.41, 5.74) is 1.47. The summed E-state index contributed by atoms with van der Waals surface area (Å²) in [6.07, 6.45) is 4.93. The number of methoxy groups -OCH3 is 2. The number of benzene rings is 1. The average Bonchev–Trinajstić information content (AvgIpc) is 2.59. The number of piperidine rings is 1. The molecule has 128 valence electrons. The summed E-state index contributed by atoms with van der Waals surface area (Å²) in [6.45, 7) is 6.05. The third-order valence-corrected chi connectivity index (χ3v) is 4.40. The topological polar surface area (TPSA) is 50.8 Å². The van der Waals surface area contributed by atoms with Crippen LogP contribution in [0.4, 0.5) is 0 Å². The Hall–Kier alpha value is -1.75. The highest BCUT2D eigenvalue weighted by atomic mass is 16.5. The number of likely N-dealkylation sites (tertiary alicyclic amines) is 1. The zero-order valence-electron chi connectivity index (χ0n) is 14.5. The minimum absolute atomic E-state index is 0.0831.